The predicted molar refractivity (Wildman–Crippen MR) is 72.2 cm³/mol. The van der Waals surface area contributed by atoms with Crippen molar-refractivity contribution in [2.45, 2.75) is 18.2 Å². The molecule has 0 spiro atoms. The average Bonchev–Trinajstić information content (AvgIpc) is 2.31. The molecule has 0 bridgehead atoms. The molecule has 0 aliphatic heterocycles. The smallest absolute Gasteiger partial charge is 0.338 e. The first-order valence-electron chi connectivity index (χ1n) is 5.15. The fourth-order valence-electron chi connectivity index (χ4n) is 1.31. The fraction of sp³-hybridized carbons (Fsp3) is 0.333. The zero-order chi connectivity index (χ0) is 12.8. The Labute approximate surface area is 114 Å². The van der Waals surface area contributed by atoms with E-state index in [2.05, 4.69) is 28.6 Å². The highest BCUT2D eigenvalue weighted by molar-refractivity contribution is 9.09. The second-order valence-electron chi connectivity index (χ2n) is 3.41. The number of alkyl halides is 1. The summed E-state index contributed by atoms with van der Waals surface area (Å²) in [4.78, 5) is 23.4. The highest BCUT2D eigenvalue weighted by Gasteiger charge is 2.10. The molecule has 0 amide bonds. The molecule has 0 saturated heterocycles. The van der Waals surface area contributed by atoms with E-state index in [9.17, 15) is 9.59 Å². The van der Waals surface area contributed by atoms with Gasteiger partial charge in [-0.1, -0.05) is 22.0 Å². The number of carbonyl (C=O) groups excluding carboxylic acids is 2. The monoisotopic (exact) mass is 316 g/mol. The second-order valence-corrected chi connectivity index (χ2v) is 4.46. The highest BCUT2D eigenvalue weighted by atomic mass is 79.9. The summed E-state index contributed by atoms with van der Waals surface area (Å²) < 4.78 is 4.88. The van der Waals surface area contributed by atoms with Gasteiger partial charge < -0.3 is 4.74 Å². The maximum Gasteiger partial charge on any atom is 0.338 e. The van der Waals surface area contributed by atoms with Gasteiger partial charge in [0.15, 0.2) is 0 Å². The zero-order valence-corrected chi connectivity index (χ0v) is 11.9. The third-order valence-corrected chi connectivity index (χ3v) is 3.17. The van der Waals surface area contributed by atoms with Crippen molar-refractivity contribution in [1.82, 2.24) is 0 Å². The molecule has 1 aromatic rings. The van der Waals surface area contributed by atoms with Gasteiger partial charge in [-0.25, -0.2) is 4.79 Å². The van der Waals surface area contributed by atoms with Crippen LogP contribution in [0.5, 0.6) is 0 Å². The van der Waals surface area contributed by atoms with E-state index in [4.69, 9.17) is 4.74 Å². The van der Waals surface area contributed by atoms with Crippen LogP contribution in [0.25, 0.3) is 0 Å². The van der Waals surface area contributed by atoms with Gasteiger partial charge in [0, 0.05) is 11.3 Å². The molecule has 0 fully saturated rings. The third kappa shape index (κ3) is 4.16. The van der Waals surface area contributed by atoms with Crippen molar-refractivity contribution in [1.29, 1.82) is 0 Å². The van der Waals surface area contributed by atoms with E-state index < -0.39 is 0 Å². The summed E-state index contributed by atoms with van der Waals surface area (Å²) in [6.45, 7) is 2.09. The maximum atomic E-state index is 11.5. The minimum Gasteiger partial charge on any atom is -0.462 e. The SMILES string of the molecule is CCOC(=O)c1ccc(CC(=O)CBr)c(S)c1. The Kier molecular flexibility index (Phi) is 5.71. The van der Waals surface area contributed by atoms with Crippen LogP contribution in [-0.4, -0.2) is 23.7 Å². The van der Waals surface area contributed by atoms with E-state index in [-0.39, 0.29) is 11.8 Å². The van der Waals surface area contributed by atoms with E-state index in [0.717, 1.165) is 5.56 Å². The van der Waals surface area contributed by atoms with Crippen LogP contribution in [0, 0.1) is 0 Å². The first-order valence-corrected chi connectivity index (χ1v) is 6.72. The number of carbonyl (C=O) groups is 2. The normalized spacial score (nSPS) is 10.1. The van der Waals surface area contributed by atoms with Gasteiger partial charge in [-0.15, -0.1) is 12.6 Å². The van der Waals surface area contributed by atoms with Crippen molar-refractivity contribution in [3.63, 3.8) is 0 Å². The first kappa shape index (κ1) is 14.3. The maximum absolute atomic E-state index is 11.5. The van der Waals surface area contributed by atoms with Crippen LogP contribution in [0.2, 0.25) is 0 Å². The minimum absolute atomic E-state index is 0.0733. The zero-order valence-electron chi connectivity index (χ0n) is 9.40. The lowest BCUT2D eigenvalue weighted by molar-refractivity contribution is -0.115. The molecule has 1 rings (SSSR count). The lowest BCUT2D eigenvalue weighted by Gasteiger charge is -2.06. The van der Waals surface area contributed by atoms with Crippen LogP contribution in [0.3, 0.4) is 0 Å². The van der Waals surface area contributed by atoms with E-state index >= 15 is 0 Å². The number of halogens is 1. The van der Waals surface area contributed by atoms with Gasteiger partial charge in [-0.3, -0.25) is 4.79 Å². The number of rotatable bonds is 5. The number of thiol groups is 1. The van der Waals surface area contributed by atoms with E-state index in [1.165, 1.54) is 0 Å². The number of ketones is 1. The molecule has 0 heterocycles. The van der Waals surface area contributed by atoms with E-state index in [1.54, 1.807) is 25.1 Å². The largest absolute Gasteiger partial charge is 0.462 e. The molecule has 0 radical (unpaired) electrons. The number of hydrogen-bond acceptors (Lipinski definition) is 4. The van der Waals surface area contributed by atoms with Gasteiger partial charge in [0.05, 0.1) is 17.5 Å². The van der Waals surface area contributed by atoms with Gasteiger partial charge >= 0.3 is 5.97 Å². The average molecular weight is 317 g/mol. The second kappa shape index (κ2) is 6.81. The Morgan fingerprint density at radius 1 is 1.41 bits per heavy atom. The number of Topliss-reactive ketones (excluding diaryl/α,β-unsaturated/α-hetero) is 1. The van der Waals surface area contributed by atoms with Crippen molar-refractivity contribution in [3.05, 3.63) is 29.3 Å². The summed E-state index contributed by atoms with van der Waals surface area (Å²) in [5, 5.41) is 0.319. The minimum atomic E-state index is -0.374. The number of benzene rings is 1. The topological polar surface area (TPSA) is 43.4 Å². The van der Waals surface area contributed by atoms with E-state index in [0.29, 0.717) is 28.8 Å². The van der Waals surface area contributed by atoms with Crippen LogP contribution in [0.15, 0.2) is 23.1 Å². The van der Waals surface area contributed by atoms with Crippen LogP contribution < -0.4 is 0 Å². The highest BCUT2D eigenvalue weighted by Crippen LogP contribution is 2.18. The van der Waals surface area contributed by atoms with Gasteiger partial charge in [-0.2, -0.15) is 0 Å². The lowest BCUT2D eigenvalue weighted by Crippen LogP contribution is -2.07. The quantitative estimate of drug-likeness (QED) is 0.516. The summed E-state index contributed by atoms with van der Waals surface area (Å²) in [5.41, 5.74) is 1.26. The van der Waals surface area contributed by atoms with Crippen LogP contribution >= 0.6 is 28.6 Å². The van der Waals surface area contributed by atoms with Gasteiger partial charge in [0.1, 0.15) is 5.78 Å². The molecule has 0 unspecified atom stereocenters. The molecule has 0 saturated carbocycles. The van der Waals surface area contributed by atoms with Crippen molar-refractivity contribution in [3.8, 4) is 0 Å². The predicted octanol–water partition coefficient (Wildman–Crippen LogP) is 2.66. The van der Waals surface area contributed by atoms with Crippen molar-refractivity contribution in [2.75, 3.05) is 11.9 Å². The third-order valence-electron chi connectivity index (χ3n) is 2.13. The Morgan fingerprint density at radius 2 is 2.12 bits per heavy atom. The first-order chi connectivity index (χ1) is 8.08. The summed E-state index contributed by atoms with van der Waals surface area (Å²) in [6, 6.07) is 5.00. The molecular weight excluding hydrogens is 304 g/mol. The van der Waals surface area contributed by atoms with Gasteiger partial charge in [0.2, 0.25) is 0 Å². The molecule has 0 atom stereocenters. The van der Waals surface area contributed by atoms with Crippen molar-refractivity contribution >= 4 is 40.3 Å². The van der Waals surface area contributed by atoms with E-state index in [1.807, 2.05) is 0 Å². The Hall–Kier alpha value is -0.810. The van der Waals surface area contributed by atoms with Gasteiger partial charge in [0.25, 0.3) is 0 Å². The molecule has 0 aliphatic carbocycles. The summed E-state index contributed by atoms with van der Waals surface area (Å²) >= 11 is 7.37. The van der Waals surface area contributed by atoms with Gasteiger partial charge in [-0.05, 0) is 24.6 Å². The van der Waals surface area contributed by atoms with Crippen LogP contribution in [0.4, 0.5) is 0 Å². The lowest BCUT2D eigenvalue weighted by atomic mass is 10.1. The summed E-state index contributed by atoms with van der Waals surface area (Å²) in [5.74, 6) is -0.301. The van der Waals surface area contributed by atoms with Crippen molar-refractivity contribution < 1.29 is 14.3 Å². The molecular formula is C12H13BrO3S. The molecule has 3 nitrogen and oxygen atoms in total. The molecule has 1 aromatic carbocycles. The molecule has 0 aliphatic rings. The van der Waals surface area contributed by atoms with Crippen molar-refractivity contribution in [2.24, 2.45) is 0 Å². The van der Waals surface area contributed by atoms with Crippen LogP contribution in [0.1, 0.15) is 22.8 Å². The molecule has 0 aromatic heterocycles. The summed E-state index contributed by atoms with van der Waals surface area (Å²) in [6.07, 6.45) is 0.313. The molecule has 0 N–H and O–H groups in total. The Balaban J connectivity index is 2.86. The molecule has 5 heteroatoms. The Morgan fingerprint density at radius 3 is 2.65 bits per heavy atom. The standard InChI is InChI=1S/C12H13BrO3S/c1-2-16-12(15)9-4-3-8(11(17)6-9)5-10(14)7-13/h3-4,6,17H,2,5,7H2,1H3. The number of ether oxygens (including phenoxy) is 1. The Bertz CT molecular complexity index is 432. The fourth-order valence-corrected chi connectivity index (χ4v) is 1.81. The number of hydrogen-bond donors (Lipinski definition) is 1. The molecule has 17 heavy (non-hydrogen) atoms. The summed E-state index contributed by atoms with van der Waals surface area (Å²) in [7, 11) is 0. The number of esters is 1. The molecule has 92 valence electrons. The van der Waals surface area contributed by atoms with Crippen LogP contribution in [-0.2, 0) is 16.0 Å².